The van der Waals surface area contributed by atoms with Crippen molar-refractivity contribution in [2.24, 2.45) is 0 Å². The highest BCUT2D eigenvalue weighted by Crippen LogP contribution is 2.33. The van der Waals surface area contributed by atoms with E-state index in [1.165, 1.54) is 41.0 Å². The first-order valence-electron chi connectivity index (χ1n) is 10.7. The molecule has 7 nitrogen and oxygen atoms in total. The Balaban J connectivity index is 1.22. The van der Waals surface area contributed by atoms with E-state index in [4.69, 9.17) is 46.4 Å². The van der Waals surface area contributed by atoms with Crippen molar-refractivity contribution in [1.82, 2.24) is 15.0 Å². The molecule has 0 radical (unpaired) electrons. The summed E-state index contributed by atoms with van der Waals surface area (Å²) in [6.07, 6.45) is 1.32. The van der Waals surface area contributed by atoms with Gasteiger partial charge in [-0.3, -0.25) is 25.2 Å². The Morgan fingerprint density at radius 1 is 0.684 bits per heavy atom. The summed E-state index contributed by atoms with van der Waals surface area (Å²) >= 11 is 26.9. The molecule has 3 aromatic heterocycles. The molecule has 3 heterocycles. The molecule has 5 aromatic rings. The van der Waals surface area contributed by atoms with Crippen molar-refractivity contribution in [3.63, 3.8) is 0 Å². The van der Waals surface area contributed by atoms with Crippen LogP contribution in [-0.2, 0) is 0 Å². The van der Waals surface area contributed by atoms with Crippen molar-refractivity contribution in [2.45, 2.75) is 0 Å². The lowest BCUT2D eigenvalue weighted by Crippen LogP contribution is -2.16. The lowest BCUT2D eigenvalue weighted by Gasteiger charge is -2.04. The van der Waals surface area contributed by atoms with E-state index in [1.807, 2.05) is 0 Å². The number of carbonyl (C=O) groups is 2. The Bertz CT molecular complexity index is 1550. The number of benzene rings is 2. The molecule has 0 aliphatic rings. The second-order valence-corrected chi connectivity index (χ2v) is 11.1. The monoisotopic (exact) mass is 619 g/mol. The Morgan fingerprint density at radius 2 is 1.21 bits per heavy atom. The minimum absolute atomic E-state index is 0.122. The van der Waals surface area contributed by atoms with Crippen molar-refractivity contribution in [3.05, 3.63) is 96.8 Å². The Kier molecular flexibility index (Phi) is 7.94. The lowest BCUT2D eigenvalue weighted by atomic mass is 10.2. The largest absolute Gasteiger partial charge is 0.298 e. The number of pyridine rings is 1. The molecule has 0 bridgehead atoms. The molecule has 0 aliphatic carbocycles. The molecule has 0 fully saturated rings. The molecule has 13 heteroatoms. The molecular formula is C25H13Cl4N5O2S2. The number of nitrogens with one attached hydrogen (secondary N) is 2. The fourth-order valence-electron chi connectivity index (χ4n) is 3.30. The molecule has 0 saturated carbocycles. The third kappa shape index (κ3) is 5.99. The fourth-order valence-corrected chi connectivity index (χ4v) is 5.72. The van der Waals surface area contributed by atoms with Crippen LogP contribution in [0.25, 0.3) is 22.5 Å². The standard InChI is InChI=1S/C25H13Cl4N5O2S2/c26-13-2-4-15(17(28)7-13)20-10-37-24(31-20)33-22(35)12-1-6-19(30-9-12)23(36)34-25-32-21(11-38-25)16-5-3-14(27)8-18(16)29/h1-11H,(H,31,33,35)(H,32,34,36). The Labute approximate surface area is 244 Å². The van der Waals surface area contributed by atoms with E-state index in [0.29, 0.717) is 52.9 Å². The third-order valence-electron chi connectivity index (χ3n) is 5.12. The van der Waals surface area contributed by atoms with Gasteiger partial charge in [0.15, 0.2) is 10.3 Å². The Morgan fingerprint density at radius 3 is 1.68 bits per heavy atom. The van der Waals surface area contributed by atoms with Crippen molar-refractivity contribution in [2.75, 3.05) is 10.6 Å². The van der Waals surface area contributed by atoms with Gasteiger partial charge in [-0.2, -0.15) is 0 Å². The van der Waals surface area contributed by atoms with E-state index in [0.717, 1.165) is 0 Å². The van der Waals surface area contributed by atoms with Gasteiger partial charge in [0.1, 0.15) is 5.69 Å². The van der Waals surface area contributed by atoms with E-state index in [9.17, 15) is 9.59 Å². The van der Waals surface area contributed by atoms with Crippen LogP contribution in [0.2, 0.25) is 20.1 Å². The number of hydrogen-bond donors (Lipinski definition) is 2. The Hall–Kier alpha value is -3.05. The van der Waals surface area contributed by atoms with Crippen LogP contribution in [0.3, 0.4) is 0 Å². The molecule has 2 N–H and O–H groups in total. The van der Waals surface area contributed by atoms with E-state index >= 15 is 0 Å². The van der Waals surface area contributed by atoms with Crippen LogP contribution in [0.15, 0.2) is 65.5 Å². The van der Waals surface area contributed by atoms with E-state index in [-0.39, 0.29) is 11.3 Å². The van der Waals surface area contributed by atoms with Gasteiger partial charge >= 0.3 is 0 Å². The predicted molar refractivity (Wildman–Crippen MR) is 155 cm³/mol. The van der Waals surface area contributed by atoms with Crippen molar-refractivity contribution >= 4 is 91.2 Å². The predicted octanol–water partition coefficient (Wildman–Crippen LogP) is 8.45. The zero-order valence-corrected chi connectivity index (χ0v) is 23.5. The van der Waals surface area contributed by atoms with Gasteiger partial charge in [0.25, 0.3) is 11.8 Å². The summed E-state index contributed by atoms with van der Waals surface area (Å²) in [5, 5.41) is 11.7. The highest BCUT2D eigenvalue weighted by Gasteiger charge is 2.16. The molecule has 2 amide bonds. The van der Waals surface area contributed by atoms with Crippen LogP contribution in [0, 0.1) is 0 Å². The number of nitrogens with zero attached hydrogens (tertiary/aromatic N) is 3. The molecule has 5 rings (SSSR count). The van der Waals surface area contributed by atoms with Crippen LogP contribution in [-0.4, -0.2) is 26.8 Å². The van der Waals surface area contributed by atoms with Gasteiger partial charge in [-0.25, -0.2) is 9.97 Å². The topological polar surface area (TPSA) is 96.9 Å². The highest BCUT2D eigenvalue weighted by atomic mass is 35.5. The van der Waals surface area contributed by atoms with Gasteiger partial charge in [0, 0.05) is 38.1 Å². The average Bonchev–Trinajstić information content (AvgIpc) is 3.54. The number of rotatable bonds is 6. The maximum Gasteiger partial charge on any atom is 0.276 e. The van der Waals surface area contributed by atoms with Crippen LogP contribution in [0.1, 0.15) is 20.8 Å². The van der Waals surface area contributed by atoms with Gasteiger partial charge < -0.3 is 0 Å². The molecule has 0 unspecified atom stereocenters. The fraction of sp³-hybridized carbons (Fsp3) is 0. The molecule has 190 valence electrons. The highest BCUT2D eigenvalue weighted by molar-refractivity contribution is 7.14. The van der Waals surface area contributed by atoms with Crippen molar-refractivity contribution in [1.29, 1.82) is 0 Å². The summed E-state index contributed by atoms with van der Waals surface area (Å²) in [6.45, 7) is 0. The summed E-state index contributed by atoms with van der Waals surface area (Å²) in [6, 6.07) is 13.2. The number of thiazole rings is 2. The van der Waals surface area contributed by atoms with E-state index in [2.05, 4.69) is 25.6 Å². The van der Waals surface area contributed by atoms with Crippen molar-refractivity contribution < 1.29 is 9.59 Å². The molecule has 0 aliphatic heterocycles. The summed E-state index contributed by atoms with van der Waals surface area (Å²) in [5.41, 5.74) is 3.00. The normalized spacial score (nSPS) is 10.8. The van der Waals surface area contributed by atoms with Gasteiger partial charge in [0.2, 0.25) is 0 Å². The molecule has 0 atom stereocenters. The first-order valence-corrected chi connectivity index (χ1v) is 13.9. The molecular weight excluding hydrogens is 608 g/mol. The maximum absolute atomic E-state index is 12.7. The number of carbonyl (C=O) groups excluding carboxylic acids is 2. The van der Waals surface area contributed by atoms with Crippen LogP contribution in [0.4, 0.5) is 10.3 Å². The first kappa shape index (κ1) is 26.6. The SMILES string of the molecule is O=C(Nc1nc(-c2ccc(Cl)cc2Cl)cs1)c1ccc(C(=O)Nc2nc(-c3ccc(Cl)cc3Cl)cs2)nc1. The maximum atomic E-state index is 12.7. The van der Waals surface area contributed by atoms with Gasteiger partial charge in [-0.05, 0) is 48.5 Å². The molecule has 38 heavy (non-hydrogen) atoms. The van der Waals surface area contributed by atoms with Gasteiger partial charge in [0.05, 0.1) is 27.0 Å². The molecule has 2 aromatic carbocycles. The minimum Gasteiger partial charge on any atom is -0.298 e. The first-order chi connectivity index (χ1) is 18.3. The zero-order chi connectivity index (χ0) is 26.8. The second kappa shape index (κ2) is 11.4. The average molecular weight is 621 g/mol. The number of hydrogen-bond acceptors (Lipinski definition) is 7. The minimum atomic E-state index is -0.468. The number of anilines is 2. The smallest absolute Gasteiger partial charge is 0.276 e. The lowest BCUT2D eigenvalue weighted by molar-refractivity contribution is 0.101. The summed E-state index contributed by atoms with van der Waals surface area (Å²) in [7, 11) is 0. The number of halogens is 4. The second-order valence-electron chi connectivity index (χ2n) is 7.66. The van der Waals surface area contributed by atoms with E-state index < -0.39 is 11.8 Å². The zero-order valence-electron chi connectivity index (χ0n) is 18.8. The number of amides is 2. The molecule has 0 saturated heterocycles. The summed E-state index contributed by atoms with van der Waals surface area (Å²) < 4.78 is 0. The summed E-state index contributed by atoms with van der Waals surface area (Å²) in [5.74, 6) is -0.888. The van der Waals surface area contributed by atoms with Gasteiger partial charge in [-0.1, -0.05) is 46.4 Å². The van der Waals surface area contributed by atoms with Gasteiger partial charge in [-0.15, -0.1) is 22.7 Å². The quantitative estimate of drug-likeness (QED) is 0.198. The van der Waals surface area contributed by atoms with Crippen molar-refractivity contribution in [3.8, 4) is 22.5 Å². The van der Waals surface area contributed by atoms with Crippen LogP contribution < -0.4 is 10.6 Å². The van der Waals surface area contributed by atoms with Crippen LogP contribution in [0.5, 0.6) is 0 Å². The summed E-state index contributed by atoms with van der Waals surface area (Å²) in [4.78, 5) is 38.3. The molecule has 0 spiro atoms. The van der Waals surface area contributed by atoms with Crippen LogP contribution >= 0.6 is 69.1 Å². The third-order valence-corrected chi connectivity index (χ3v) is 7.73. The number of aromatic nitrogens is 3. The van der Waals surface area contributed by atoms with E-state index in [1.54, 1.807) is 47.2 Å².